The van der Waals surface area contributed by atoms with Crippen molar-refractivity contribution in [3.8, 4) is 0 Å². The van der Waals surface area contributed by atoms with Gasteiger partial charge in [0, 0.05) is 17.5 Å². The number of benzene rings is 3. The molecule has 4 rings (SSSR count). The second-order valence-corrected chi connectivity index (χ2v) is 7.55. The topological polar surface area (TPSA) is 45.5 Å². The molecule has 1 amide bonds. The number of nitrogens with zero attached hydrogens (tertiary/aromatic N) is 1. The van der Waals surface area contributed by atoms with Crippen LogP contribution in [0.4, 0.5) is 0 Å². The first kappa shape index (κ1) is 20.2. The molecule has 0 spiro atoms. The van der Waals surface area contributed by atoms with E-state index in [-0.39, 0.29) is 11.9 Å². The lowest BCUT2D eigenvalue weighted by atomic mass is 10.0. The zero-order valence-corrected chi connectivity index (χ0v) is 17.6. The average Bonchev–Trinajstić information content (AvgIpc) is 3.20. The third-order valence-electron chi connectivity index (χ3n) is 5.82. The molecule has 154 valence electrons. The van der Waals surface area contributed by atoms with Gasteiger partial charge in [-0.1, -0.05) is 74.5 Å². The first-order valence-corrected chi connectivity index (χ1v) is 10.6. The van der Waals surface area contributed by atoms with Crippen molar-refractivity contribution < 1.29 is 9.21 Å². The minimum atomic E-state index is 0.0127. The summed E-state index contributed by atoms with van der Waals surface area (Å²) in [6.45, 7) is 6.77. The monoisotopic (exact) mass is 400 g/mol. The van der Waals surface area contributed by atoms with Crippen molar-refractivity contribution in [3.63, 3.8) is 0 Å². The molecular formula is C26H28N2O2. The normalized spacial score (nSPS) is 12.5. The molecule has 0 fully saturated rings. The van der Waals surface area contributed by atoms with Gasteiger partial charge in [0.1, 0.15) is 5.58 Å². The second-order valence-electron chi connectivity index (χ2n) is 7.55. The molecular weight excluding hydrogens is 372 g/mol. The van der Waals surface area contributed by atoms with E-state index in [0.717, 1.165) is 40.4 Å². The van der Waals surface area contributed by atoms with Crippen molar-refractivity contribution in [3.05, 3.63) is 84.1 Å². The fourth-order valence-electron chi connectivity index (χ4n) is 4.25. The molecule has 1 N–H and O–H groups in total. The number of furan rings is 1. The number of carbonyl (C=O) groups excluding carboxylic acids is 1. The van der Waals surface area contributed by atoms with Gasteiger partial charge in [0.2, 0.25) is 5.91 Å². The molecule has 30 heavy (non-hydrogen) atoms. The van der Waals surface area contributed by atoms with E-state index in [1.54, 1.807) is 6.26 Å². The van der Waals surface area contributed by atoms with Gasteiger partial charge in [-0.25, -0.2) is 0 Å². The van der Waals surface area contributed by atoms with Crippen LogP contribution in [0.1, 0.15) is 31.0 Å². The van der Waals surface area contributed by atoms with Gasteiger partial charge in [-0.15, -0.1) is 0 Å². The van der Waals surface area contributed by atoms with E-state index >= 15 is 0 Å². The van der Waals surface area contributed by atoms with Crippen LogP contribution in [0.5, 0.6) is 0 Å². The number of hydrogen-bond donors (Lipinski definition) is 1. The number of fused-ring (bicyclic) bond motifs is 3. The zero-order chi connectivity index (χ0) is 20.9. The summed E-state index contributed by atoms with van der Waals surface area (Å²) in [6.07, 6.45) is 2.02. The summed E-state index contributed by atoms with van der Waals surface area (Å²) in [6, 6.07) is 22.8. The Morgan fingerprint density at radius 2 is 1.70 bits per heavy atom. The maximum absolute atomic E-state index is 12.9. The SMILES string of the molecule is CCN(CC)[C@@H](CNC(=O)Cc1coc2ccc3ccccc3c12)c1ccccc1. The molecule has 1 heterocycles. The van der Waals surface area contributed by atoms with Crippen LogP contribution in [-0.2, 0) is 11.2 Å². The largest absolute Gasteiger partial charge is 0.464 e. The van der Waals surface area contributed by atoms with Gasteiger partial charge in [0.15, 0.2) is 0 Å². The standard InChI is InChI=1S/C26H28N2O2/c1-3-28(4-2)23(20-11-6-5-7-12-20)17-27-25(29)16-21-18-30-24-15-14-19-10-8-9-13-22(19)26(21)24/h5-15,18,23H,3-4,16-17H2,1-2H3,(H,27,29)/t23-/m0/s1. The Hall–Kier alpha value is -3.11. The fraction of sp³-hybridized carbons (Fsp3) is 0.269. The summed E-state index contributed by atoms with van der Waals surface area (Å²) < 4.78 is 5.74. The van der Waals surface area contributed by atoms with Gasteiger partial charge in [0.05, 0.1) is 18.7 Å². The maximum atomic E-state index is 12.9. The quantitative estimate of drug-likeness (QED) is 0.435. The molecule has 0 bridgehead atoms. The van der Waals surface area contributed by atoms with Gasteiger partial charge in [-0.3, -0.25) is 9.69 Å². The summed E-state index contributed by atoms with van der Waals surface area (Å²) in [5.41, 5.74) is 2.97. The van der Waals surface area contributed by atoms with Crippen LogP contribution in [0.3, 0.4) is 0 Å². The fourth-order valence-corrected chi connectivity index (χ4v) is 4.25. The first-order chi connectivity index (χ1) is 14.7. The number of carbonyl (C=O) groups is 1. The van der Waals surface area contributed by atoms with E-state index in [2.05, 4.69) is 66.5 Å². The van der Waals surface area contributed by atoms with Crippen molar-refractivity contribution in [2.24, 2.45) is 0 Å². The highest BCUT2D eigenvalue weighted by Gasteiger charge is 2.19. The Morgan fingerprint density at radius 3 is 2.47 bits per heavy atom. The lowest BCUT2D eigenvalue weighted by Gasteiger charge is -2.30. The summed E-state index contributed by atoms with van der Waals surface area (Å²) in [7, 11) is 0. The predicted octanol–water partition coefficient (Wildman–Crippen LogP) is 5.33. The highest BCUT2D eigenvalue weighted by molar-refractivity contribution is 6.08. The summed E-state index contributed by atoms with van der Waals surface area (Å²) in [4.78, 5) is 15.2. The molecule has 0 aliphatic heterocycles. The summed E-state index contributed by atoms with van der Waals surface area (Å²) in [5.74, 6) is 0.0127. The van der Waals surface area contributed by atoms with Crippen LogP contribution < -0.4 is 5.32 Å². The van der Waals surface area contributed by atoms with Crippen molar-refractivity contribution >= 4 is 27.6 Å². The number of likely N-dealkylation sites (N-methyl/N-ethyl adjacent to an activating group) is 1. The van der Waals surface area contributed by atoms with Gasteiger partial charge in [-0.05, 0) is 35.5 Å². The molecule has 1 aromatic heterocycles. The van der Waals surface area contributed by atoms with Gasteiger partial charge >= 0.3 is 0 Å². The molecule has 0 aliphatic carbocycles. The highest BCUT2D eigenvalue weighted by Crippen LogP contribution is 2.30. The van der Waals surface area contributed by atoms with E-state index in [0.29, 0.717) is 13.0 Å². The molecule has 0 aliphatic rings. The number of hydrogen-bond acceptors (Lipinski definition) is 3. The van der Waals surface area contributed by atoms with E-state index in [9.17, 15) is 4.79 Å². The lowest BCUT2D eigenvalue weighted by molar-refractivity contribution is -0.120. The van der Waals surface area contributed by atoms with Crippen LogP contribution in [-0.4, -0.2) is 30.4 Å². The number of rotatable bonds is 8. The van der Waals surface area contributed by atoms with Crippen LogP contribution in [0.2, 0.25) is 0 Å². The molecule has 0 saturated carbocycles. The Balaban J connectivity index is 1.52. The van der Waals surface area contributed by atoms with E-state index in [4.69, 9.17) is 4.42 Å². The first-order valence-electron chi connectivity index (χ1n) is 10.6. The average molecular weight is 401 g/mol. The highest BCUT2D eigenvalue weighted by atomic mass is 16.3. The number of amides is 1. The maximum Gasteiger partial charge on any atom is 0.224 e. The third kappa shape index (κ3) is 4.10. The Kier molecular flexibility index (Phi) is 6.15. The van der Waals surface area contributed by atoms with Crippen LogP contribution in [0.25, 0.3) is 21.7 Å². The Morgan fingerprint density at radius 1 is 0.967 bits per heavy atom. The molecule has 1 atom stereocenters. The molecule has 4 heteroatoms. The predicted molar refractivity (Wildman–Crippen MR) is 123 cm³/mol. The second kappa shape index (κ2) is 9.14. The van der Waals surface area contributed by atoms with Crippen molar-refractivity contribution in [1.29, 1.82) is 0 Å². The van der Waals surface area contributed by atoms with Gasteiger partial charge in [0.25, 0.3) is 0 Å². The van der Waals surface area contributed by atoms with E-state index in [1.165, 1.54) is 5.56 Å². The number of nitrogens with one attached hydrogen (secondary N) is 1. The van der Waals surface area contributed by atoms with E-state index < -0.39 is 0 Å². The zero-order valence-electron chi connectivity index (χ0n) is 17.6. The van der Waals surface area contributed by atoms with Crippen molar-refractivity contribution in [1.82, 2.24) is 10.2 Å². The third-order valence-corrected chi connectivity index (χ3v) is 5.82. The minimum absolute atomic E-state index is 0.0127. The van der Waals surface area contributed by atoms with Crippen molar-refractivity contribution in [2.75, 3.05) is 19.6 Å². The van der Waals surface area contributed by atoms with Crippen LogP contribution in [0.15, 0.2) is 77.4 Å². The smallest absolute Gasteiger partial charge is 0.224 e. The summed E-state index contributed by atoms with van der Waals surface area (Å²) >= 11 is 0. The molecule has 0 radical (unpaired) electrons. The minimum Gasteiger partial charge on any atom is -0.464 e. The molecule has 4 aromatic rings. The lowest BCUT2D eigenvalue weighted by Crippen LogP contribution is -2.38. The van der Waals surface area contributed by atoms with Crippen LogP contribution >= 0.6 is 0 Å². The molecule has 0 saturated heterocycles. The van der Waals surface area contributed by atoms with Crippen molar-refractivity contribution in [2.45, 2.75) is 26.3 Å². The molecule has 4 nitrogen and oxygen atoms in total. The molecule has 0 unspecified atom stereocenters. The van der Waals surface area contributed by atoms with Gasteiger partial charge < -0.3 is 9.73 Å². The van der Waals surface area contributed by atoms with E-state index in [1.807, 2.05) is 24.3 Å². The van der Waals surface area contributed by atoms with Crippen LogP contribution in [0, 0.1) is 0 Å². The summed E-state index contributed by atoms with van der Waals surface area (Å²) in [5, 5.41) is 6.47. The Labute approximate surface area is 177 Å². The molecule has 3 aromatic carbocycles. The van der Waals surface area contributed by atoms with Gasteiger partial charge in [-0.2, -0.15) is 0 Å². The Bertz CT molecular complexity index is 1130.